The maximum Gasteiger partial charge on any atom is 0.255 e. The summed E-state index contributed by atoms with van der Waals surface area (Å²) in [6, 6.07) is 1.86. The summed E-state index contributed by atoms with van der Waals surface area (Å²) < 4.78 is 0. The Labute approximate surface area is 126 Å². The van der Waals surface area contributed by atoms with Gasteiger partial charge in [0, 0.05) is 25.3 Å². The summed E-state index contributed by atoms with van der Waals surface area (Å²) in [5, 5.41) is 3.49. The Hall–Kier alpha value is -1.29. The van der Waals surface area contributed by atoms with Crippen LogP contribution in [-0.2, 0) is 0 Å². The molecule has 1 rings (SSSR count). The van der Waals surface area contributed by atoms with Gasteiger partial charge in [0.2, 0.25) is 0 Å². The van der Waals surface area contributed by atoms with Gasteiger partial charge in [-0.1, -0.05) is 25.4 Å². The highest BCUT2D eigenvalue weighted by Crippen LogP contribution is 2.21. The molecule has 0 aliphatic heterocycles. The lowest BCUT2D eigenvalue weighted by Crippen LogP contribution is -2.39. The third-order valence-electron chi connectivity index (χ3n) is 2.89. The molecule has 5 heteroatoms. The van der Waals surface area contributed by atoms with Crippen LogP contribution in [0.1, 0.15) is 45.0 Å². The topological polar surface area (TPSA) is 45.2 Å². The van der Waals surface area contributed by atoms with Gasteiger partial charge < -0.3 is 10.2 Å². The Morgan fingerprint density at radius 3 is 2.55 bits per heavy atom. The van der Waals surface area contributed by atoms with Crippen molar-refractivity contribution in [2.24, 2.45) is 5.92 Å². The van der Waals surface area contributed by atoms with Crippen LogP contribution < -0.4 is 5.32 Å². The number of aromatic nitrogens is 1. The Morgan fingerprint density at radius 2 is 2.05 bits per heavy atom. The normalized spacial score (nSPS) is 11.0. The number of nitrogens with one attached hydrogen (secondary N) is 1. The first-order chi connectivity index (χ1) is 9.36. The van der Waals surface area contributed by atoms with Gasteiger partial charge in [0.05, 0.1) is 10.6 Å². The van der Waals surface area contributed by atoms with Crippen molar-refractivity contribution in [2.75, 3.05) is 18.4 Å². The fourth-order valence-corrected chi connectivity index (χ4v) is 2.14. The number of carbonyl (C=O) groups is 1. The van der Waals surface area contributed by atoms with Crippen molar-refractivity contribution < 1.29 is 4.79 Å². The molecule has 1 amide bonds. The van der Waals surface area contributed by atoms with E-state index in [1.807, 2.05) is 25.7 Å². The van der Waals surface area contributed by atoms with E-state index in [1.165, 1.54) is 6.20 Å². The highest BCUT2D eigenvalue weighted by atomic mass is 35.5. The van der Waals surface area contributed by atoms with Gasteiger partial charge in [-0.15, -0.1) is 0 Å². The number of hydrogen-bond donors (Lipinski definition) is 1. The molecule has 0 atom stereocenters. The monoisotopic (exact) mass is 297 g/mol. The van der Waals surface area contributed by atoms with E-state index in [-0.39, 0.29) is 11.9 Å². The van der Waals surface area contributed by atoms with Gasteiger partial charge in [-0.05, 0) is 32.8 Å². The highest BCUT2D eigenvalue weighted by Gasteiger charge is 2.22. The van der Waals surface area contributed by atoms with Crippen molar-refractivity contribution >= 4 is 23.3 Å². The molecular formula is C15H24ClN3O. The minimum Gasteiger partial charge on any atom is -0.370 e. The Bertz CT molecular complexity index is 460. The number of nitrogens with zero attached hydrogens (tertiary/aromatic N) is 2. The van der Waals surface area contributed by atoms with E-state index in [0.717, 1.165) is 6.54 Å². The van der Waals surface area contributed by atoms with Crippen LogP contribution in [0, 0.1) is 5.92 Å². The van der Waals surface area contributed by atoms with E-state index in [4.69, 9.17) is 11.6 Å². The molecule has 4 nitrogen and oxygen atoms in total. The molecule has 1 aromatic heterocycles. The molecule has 1 aromatic rings. The predicted molar refractivity (Wildman–Crippen MR) is 84.4 cm³/mol. The van der Waals surface area contributed by atoms with E-state index < -0.39 is 0 Å². The minimum absolute atomic E-state index is 0.0414. The lowest BCUT2D eigenvalue weighted by Gasteiger charge is -2.29. The van der Waals surface area contributed by atoms with E-state index in [0.29, 0.717) is 28.9 Å². The fourth-order valence-electron chi connectivity index (χ4n) is 1.96. The molecule has 0 aliphatic carbocycles. The summed E-state index contributed by atoms with van der Waals surface area (Å²) in [5.41, 5.74) is 0.506. The molecule has 0 fully saturated rings. The maximum atomic E-state index is 12.7. The number of anilines is 1. The van der Waals surface area contributed by atoms with Crippen LogP contribution in [0.4, 0.5) is 5.82 Å². The lowest BCUT2D eigenvalue weighted by atomic mass is 10.1. The largest absolute Gasteiger partial charge is 0.370 e. The Kier molecular flexibility index (Phi) is 6.27. The van der Waals surface area contributed by atoms with Crippen LogP contribution in [0.25, 0.3) is 0 Å². The second-order valence-electron chi connectivity index (χ2n) is 5.52. The first-order valence-electron chi connectivity index (χ1n) is 7.07. The van der Waals surface area contributed by atoms with Crippen molar-refractivity contribution in [1.29, 1.82) is 0 Å². The average Bonchev–Trinajstić information content (AvgIpc) is 2.37. The zero-order chi connectivity index (χ0) is 15.3. The molecule has 0 radical (unpaired) electrons. The summed E-state index contributed by atoms with van der Waals surface area (Å²) in [4.78, 5) is 18.7. The molecule has 0 saturated heterocycles. The second-order valence-corrected chi connectivity index (χ2v) is 5.93. The SMILES string of the molecule is CCNc1cc(C(=O)N(CC(C)C)C(C)C)c(Cl)cn1. The molecule has 20 heavy (non-hydrogen) atoms. The van der Waals surface area contributed by atoms with Gasteiger partial charge >= 0.3 is 0 Å². The zero-order valence-corrected chi connectivity index (χ0v) is 13.7. The fraction of sp³-hybridized carbons (Fsp3) is 0.600. The van der Waals surface area contributed by atoms with Gasteiger partial charge in [-0.25, -0.2) is 4.98 Å². The van der Waals surface area contributed by atoms with Gasteiger partial charge in [-0.3, -0.25) is 4.79 Å². The van der Waals surface area contributed by atoms with Crippen molar-refractivity contribution in [3.63, 3.8) is 0 Å². The summed E-state index contributed by atoms with van der Waals surface area (Å²) >= 11 is 6.14. The number of hydrogen-bond acceptors (Lipinski definition) is 3. The van der Waals surface area contributed by atoms with Crippen molar-refractivity contribution in [3.05, 3.63) is 22.8 Å². The van der Waals surface area contributed by atoms with Crippen molar-refractivity contribution in [1.82, 2.24) is 9.88 Å². The van der Waals surface area contributed by atoms with Crippen LogP contribution >= 0.6 is 11.6 Å². The minimum atomic E-state index is -0.0414. The molecule has 0 bridgehead atoms. The van der Waals surface area contributed by atoms with E-state index in [1.54, 1.807) is 6.07 Å². The molecule has 0 spiro atoms. The number of amides is 1. The molecular weight excluding hydrogens is 274 g/mol. The standard InChI is InChI=1S/C15H24ClN3O/c1-6-17-14-7-12(13(16)8-18-14)15(20)19(11(4)5)9-10(2)3/h7-8,10-11H,6,9H2,1-5H3,(H,17,18). The predicted octanol–water partition coefficient (Wildman–Crippen LogP) is 3.67. The summed E-state index contributed by atoms with van der Waals surface area (Å²) in [6.45, 7) is 11.7. The lowest BCUT2D eigenvalue weighted by molar-refractivity contribution is 0.0682. The summed E-state index contributed by atoms with van der Waals surface area (Å²) in [5.74, 6) is 1.05. The third kappa shape index (κ3) is 4.37. The molecule has 0 aromatic carbocycles. The summed E-state index contributed by atoms with van der Waals surface area (Å²) in [6.07, 6.45) is 1.53. The van der Waals surface area contributed by atoms with Gasteiger partial charge in [-0.2, -0.15) is 0 Å². The van der Waals surface area contributed by atoms with Crippen LogP contribution in [0.2, 0.25) is 5.02 Å². The van der Waals surface area contributed by atoms with E-state index in [9.17, 15) is 4.79 Å². The zero-order valence-electron chi connectivity index (χ0n) is 12.9. The third-order valence-corrected chi connectivity index (χ3v) is 3.19. The van der Waals surface area contributed by atoms with Crippen molar-refractivity contribution in [3.8, 4) is 0 Å². The number of halogens is 1. The van der Waals surface area contributed by atoms with E-state index in [2.05, 4.69) is 24.1 Å². The molecule has 0 aliphatic rings. The van der Waals surface area contributed by atoms with Gasteiger partial charge in [0.25, 0.3) is 5.91 Å². The molecule has 0 saturated carbocycles. The number of pyridine rings is 1. The maximum absolute atomic E-state index is 12.7. The van der Waals surface area contributed by atoms with Crippen LogP contribution in [0.5, 0.6) is 0 Å². The quantitative estimate of drug-likeness (QED) is 0.871. The van der Waals surface area contributed by atoms with Gasteiger partial charge in [0.15, 0.2) is 0 Å². The number of carbonyl (C=O) groups excluding carboxylic acids is 1. The number of rotatable bonds is 6. The summed E-state index contributed by atoms with van der Waals surface area (Å²) in [7, 11) is 0. The molecule has 0 unspecified atom stereocenters. The van der Waals surface area contributed by atoms with Crippen molar-refractivity contribution in [2.45, 2.75) is 40.7 Å². The molecule has 1 N–H and O–H groups in total. The first-order valence-corrected chi connectivity index (χ1v) is 7.45. The molecule has 1 heterocycles. The average molecular weight is 298 g/mol. The molecule has 112 valence electrons. The van der Waals surface area contributed by atoms with Crippen LogP contribution in [-0.4, -0.2) is 34.9 Å². The van der Waals surface area contributed by atoms with Crippen LogP contribution in [0.15, 0.2) is 12.3 Å². The van der Waals surface area contributed by atoms with E-state index >= 15 is 0 Å². The Morgan fingerprint density at radius 1 is 1.40 bits per heavy atom. The smallest absolute Gasteiger partial charge is 0.255 e. The first kappa shape index (κ1) is 16.8. The second kappa shape index (κ2) is 7.48. The Balaban J connectivity index is 3.07. The van der Waals surface area contributed by atoms with Crippen LogP contribution in [0.3, 0.4) is 0 Å². The van der Waals surface area contributed by atoms with Gasteiger partial charge in [0.1, 0.15) is 5.82 Å². The highest BCUT2D eigenvalue weighted by molar-refractivity contribution is 6.33.